The fraction of sp³-hybridized carbons (Fsp3) is 0.450. The van der Waals surface area contributed by atoms with Crippen LogP contribution in [0.2, 0.25) is 0 Å². The molecule has 4 heteroatoms. The second kappa shape index (κ2) is 4.31. The number of fused-ring (bicyclic) bond motifs is 2. The van der Waals surface area contributed by atoms with Gasteiger partial charge in [0, 0.05) is 30.0 Å². The van der Waals surface area contributed by atoms with Gasteiger partial charge in [-0.25, -0.2) is 0 Å². The van der Waals surface area contributed by atoms with Crippen molar-refractivity contribution in [2.24, 2.45) is 5.92 Å². The highest BCUT2D eigenvalue weighted by atomic mass is 16.3. The molecule has 4 aliphatic rings. The Hall–Kier alpha value is -2.07. The molecule has 0 radical (unpaired) electrons. The number of hydrogen-bond acceptors (Lipinski definition) is 3. The third-order valence-electron chi connectivity index (χ3n) is 7.17. The summed E-state index contributed by atoms with van der Waals surface area (Å²) in [4.78, 5) is 12.1. The van der Waals surface area contributed by atoms with Crippen LogP contribution in [0.3, 0.4) is 0 Å². The van der Waals surface area contributed by atoms with Crippen LogP contribution in [0, 0.1) is 5.92 Å². The molecule has 3 aliphatic heterocycles. The molecule has 2 N–H and O–H groups in total. The van der Waals surface area contributed by atoms with Crippen molar-refractivity contribution in [2.45, 2.75) is 31.2 Å². The summed E-state index contributed by atoms with van der Waals surface area (Å²) in [5, 5.41) is 13.8. The van der Waals surface area contributed by atoms with Crippen LogP contribution >= 0.6 is 0 Å². The van der Waals surface area contributed by atoms with E-state index in [1.165, 1.54) is 11.1 Å². The molecule has 0 unspecified atom stereocenters. The number of carbonyl (C=O) groups excluding carboxylic acids is 1. The van der Waals surface area contributed by atoms with E-state index in [4.69, 9.17) is 0 Å². The zero-order valence-electron chi connectivity index (χ0n) is 14.2. The van der Waals surface area contributed by atoms with Gasteiger partial charge in [0.2, 0.25) is 0 Å². The van der Waals surface area contributed by atoms with Gasteiger partial charge in [-0.1, -0.05) is 18.2 Å². The Labute approximate surface area is 142 Å². The lowest BCUT2D eigenvalue weighted by Gasteiger charge is -2.51. The Morgan fingerprint density at radius 2 is 2.25 bits per heavy atom. The maximum Gasteiger partial charge on any atom is 0.148 e. The first kappa shape index (κ1) is 14.3. The summed E-state index contributed by atoms with van der Waals surface area (Å²) in [5.41, 5.74) is 5.23. The zero-order valence-corrected chi connectivity index (χ0v) is 14.2. The van der Waals surface area contributed by atoms with E-state index in [9.17, 15) is 9.90 Å². The van der Waals surface area contributed by atoms with Gasteiger partial charge in [-0.2, -0.15) is 0 Å². The van der Waals surface area contributed by atoms with E-state index in [0.717, 1.165) is 53.7 Å². The molecule has 4 nitrogen and oxygen atoms in total. The van der Waals surface area contributed by atoms with Crippen molar-refractivity contribution in [1.82, 2.24) is 0 Å². The van der Waals surface area contributed by atoms with Crippen molar-refractivity contribution >= 4 is 12.0 Å². The lowest BCUT2D eigenvalue weighted by Crippen LogP contribution is -2.61. The van der Waals surface area contributed by atoms with Crippen molar-refractivity contribution in [1.29, 1.82) is 0 Å². The third-order valence-corrected chi connectivity index (χ3v) is 7.17. The minimum atomic E-state index is -0.130. The smallest absolute Gasteiger partial charge is 0.148 e. The van der Waals surface area contributed by atoms with Crippen LogP contribution in [0.4, 0.5) is 5.69 Å². The molecule has 1 spiro atoms. The van der Waals surface area contributed by atoms with Crippen molar-refractivity contribution in [3.8, 4) is 5.75 Å². The van der Waals surface area contributed by atoms with Gasteiger partial charge in [-0.15, -0.1) is 0 Å². The Balaban J connectivity index is 1.86. The molecular weight excluding hydrogens is 300 g/mol. The molecule has 1 aromatic carbocycles. The van der Waals surface area contributed by atoms with Crippen LogP contribution in [0.25, 0.3) is 0 Å². The molecule has 3 heterocycles. The standard InChI is InChI=1S/C20H22N2O2/c1-3-12-10-22(2)8-7-20-15-5-4-6-16(24)18(15)21-19(20)14(11-23)13(12)9-17(20)22/h3-6,11,13,17H,7-10H2,1-2H3,(H-,21,23,24)/p+1/b12-3-/t13-,17-,20+,22-/m0/s1. The molecule has 5 rings (SSSR count). The van der Waals surface area contributed by atoms with Crippen molar-refractivity contribution in [2.75, 3.05) is 25.5 Å². The minimum absolute atomic E-state index is 0.130. The van der Waals surface area contributed by atoms with Gasteiger partial charge in [0.15, 0.2) is 0 Å². The SMILES string of the molecule is C/C=C1/C[N@+]2(C)CC[C@]34C(=C(C=O)[C@H]1C[C@@H]32)Nc1c(O)cccc14. The number of carbonyl (C=O) groups is 1. The van der Waals surface area contributed by atoms with Crippen molar-refractivity contribution in [3.05, 3.63) is 46.7 Å². The summed E-state index contributed by atoms with van der Waals surface area (Å²) in [6.45, 7) is 4.24. The summed E-state index contributed by atoms with van der Waals surface area (Å²) in [7, 11) is 2.36. The van der Waals surface area contributed by atoms with Crippen LogP contribution in [0.15, 0.2) is 41.1 Å². The number of nitrogens with zero attached hydrogens (tertiary/aromatic N) is 1. The van der Waals surface area contributed by atoms with Crippen molar-refractivity contribution < 1.29 is 14.4 Å². The van der Waals surface area contributed by atoms with Crippen LogP contribution in [-0.2, 0) is 10.2 Å². The van der Waals surface area contributed by atoms with E-state index in [-0.39, 0.29) is 17.1 Å². The number of benzene rings is 1. The monoisotopic (exact) mass is 323 g/mol. The number of aromatic hydroxyl groups is 1. The fourth-order valence-corrected chi connectivity index (χ4v) is 6.12. The summed E-state index contributed by atoms with van der Waals surface area (Å²) < 4.78 is 1.04. The van der Waals surface area contributed by atoms with Gasteiger partial charge in [0.25, 0.3) is 0 Å². The first-order valence-corrected chi connectivity index (χ1v) is 8.84. The summed E-state index contributed by atoms with van der Waals surface area (Å²) >= 11 is 0. The number of piperidine rings is 1. The lowest BCUT2D eigenvalue weighted by atomic mass is 9.61. The molecular formula is C20H23N2O2+. The summed E-state index contributed by atoms with van der Waals surface area (Å²) in [6.07, 6.45) is 5.34. The Morgan fingerprint density at radius 3 is 3.00 bits per heavy atom. The molecule has 1 aliphatic carbocycles. The number of phenols is 1. The number of nitrogens with one attached hydrogen (secondary N) is 1. The second-order valence-corrected chi connectivity index (χ2v) is 8.02. The number of rotatable bonds is 1. The topological polar surface area (TPSA) is 49.3 Å². The molecule has 0 amide bonds. The van der Waals surface area contributed by atoms with Gasteiger partial charge in [-0.05, 0) is 24.1 Å². The predicted molar refractivity (Wildman–Crippen MR) is 92.7 cm³/mol. The minimum Gasteiger partial charge on any atom is -0.506 e. The van der Waals surface area contributed by atoms with Gasteiger partial charge in [0.05, 0.1) is 24.7 Å². The number of likely N-dealkylation sites (N-methyl/N-ethyl adjacent to an activating group) is 1. The number of quaternary nitrogens is 1. The van der Waals surface area contributed by atoms with E-state index < -0.39 is 0 Å². The number of anilines is 1. The highest BCUT2D eigenvalue weighted by Crippen LogP contribution is 2.63. The second-order valence-electron chi connectivity index (χ2n) is 8.02. The number of para-hydroxylation sites is 1. The normalized spacial score (nSPS) is 40.3. The van der Waals surface area contributed by atoms with E-state index in [1.54, 1.807) is 6.07 Å². The fourth-order valence-electron chi connectivity index (χ4n) is 6.12. The Morgan fingerprint density at radius 1 is 1.42 bits per heavy atom. The molecule has 24 heavy (non-hydrogen) atoms. The number of hydrogen-bond donors (Lipinski definition) is 2. The van der Waals surface area contributed by atoms with E-state index in [2.05, 4.69) is 31.4 Å². The first-order valence-electron chi connectivity index (χ1n) is 8.84. The molecule has 124 valence electrons. The zero-order chi connectivity index (χ0) is 16.7. The predicted octanol–water partition coefficient (Wildman–Crippen LogP) is 2.71. The average Bonchev–Trinajstić information content (AvgIpc) is 3.09. The maximum absolute atomic E-state index is 12.1. The highest BCUT2D eigenvalue weighted by molar-refractivity contribution is 5.85. The number of allylic oxidation sites excluding steroid dienone is 2. The molecule has 4 atom stereocenters. The maximum atomic E-state index is 12.1. The number of phenolic OH excluding ortho intramolecular Hbond substituents is 1. The largest absolute Gasteiger partial charge is 0.506 e. The summed E-state index contributed by atoms with van der Waals surface area (Å²) in [5.74, 6) is 0.518. The molecule has 1 aromatic rings. The quantitative estimate of drug-likeness (QED) is 0.362. The van der Waals surface area contributed by atoms with Crippen LogP contribution in [0.1, 0.15) is 25.3 Å². The highest BCUT2D eigenvalue weighted by Gasteiger charge is 2.67. The Kier molecular flexibility index (Phi) is 2.56. The van der Waals surface area contributed by atoms with E-state index in [0.29, 0.717) is 6.04 Å². The Bertz CT molecular complexity index is 840. The molecule has 2 fully saturated rings. The van der Waals surface area contributed by atoms with E-state index in [1.807, 2.05) is 6.07 Å². The first-order chi connectivity index (χ1) is 11.5. The van der Waals surface area contributed by atoms with Gasteiger partial charge in [0.1, 0.15) is 24.6 Å². The molecule has 2 saturated heterocycles. The number of aldehydes is 1. The molecule has 0 saturated carbocycles. The van der Waals surface area contributed by atoms with Crippen LogP contribution in [-0.4, -0.2) is 42.1 Å². The van der Waals surface area contributed by atoms with Crippen molar-refractivity contribution in [3.63, 3.8) is 0 Å². The summed E-state index contributed by atoms with van der Waals surface area (Å²) in [6, 6.07) is 6.27. The van der Waals surface area contributed by atoms with Crippen LogP contribution < -0.4 is 5.32 Å². The van der Waals surface area contributed by atoms with Gasteiger partial charge >= 0.3 is 0 Å². The average molecular weight is 323 g/mol. The van der Waals surface area contributed by atoms with Crippen LogP contribution in [0.5, 0.6) is 5.75 Å². The third kappa shape index (κ3) is 1.38. The lowest BCUT2D eigenvalue weighted by molar-refractivity contribution is -0.923. The molecule has 2 bridgehead atoms. The molecule has 0 aromatic heterocycles. The van der Waals surface area contributed by atoms with E-state index >= 15 is 0 Å². The van der Waals surface area contributed by atoms with Gasteiger partial charge in [-0.3, -0.25) is 4.79 Å². The van der Waals surface area contributed by atoms with Gasteiger partial charge < -0.3 is 14.9 Å².